The molecule has 0 saturated carbocycles. The third-order valence-electron chi connectivity index (χ3n) is 3.87. The summed E-state index contributed by atoms with van der Waals surface area (Å²) in [5, 5.41) is 3.62. The predicted molar refractivity (Wildman–Crippen MR) is 94.9 cm³/mol. The Balaban J connectivity index is 2.28. The molecule has 0 radical (unpaired) electrons. The average Bonchev–Trinajstić information content (AvgIpc) is 2.46. The van der Waals surface area contributed by atoms with Crippen LogP contribution in [0.4, 0.5) is 0 Å². The van der Waals surface area contributed by atoms with Crippen molar-refractivity contribution in [2.45, 2.75) is 40.2 Å². The van der Waals surface area contributed by atoms with E-state index in [9.17, 15) is 0 Å². The van der Waals surface area contributed by atoms with Crippen molar-refractivity contribution in [2.75, 3.05) is 6.54 Å². The molecule has 2 aromatic rings. The fourth-order valence-corrected chi connectivity index (χ4v) is 2.92. The summed E-state index contributed by atoms with van der Waals surface area (Å²) in [4.78, 5) is 0. The molecular formula is C19H24BrN. The maximum atomic E-state index is 3.66. The van der Waals surface area contributed by atoms with Crippen molar-refractivity contribution in [1.29, 1.82) is 0 Å². The van der Waals surface area contributed by atoms with Gasteiger partial charge in [0, 0.05) is 10.5 Å². The van der Waals surface area contributed by atoms with Gasteiger partial charge in [0.15, 0.2) is 0 Å². The van der Waals surface area contributed by atoms with Gasteiger partial charge in [-0.2, -0.15) is 0 Å². The fraction of sp³-hybridized carbons (Fsp3) is 0.368. The van der Waals surface area contributed by atoms with E-state index < -0.39 is 0 Å². The van der Waals surface area contributed by atoms with Gasteiger partial charge in [0.25, 0.3) is 0 Å². The lowest BCUT2D eigenvalue weighted by Crippen LogP contribution is -2.23. The van der Waals surface area contributed by atoms with E-state index >= 15 is 0 Å². The summed E-state index contributed by atoms with van der Waals surface area (Å²) < 4.78 is 1.22. The Kier molecular flexibility index (Phi) is 5.60. The van der Waals surface area contributed by atoms with Crippen molar-refractivity contribution >= 4 is 15.9 Å². The van der Waals surface area contributed by atoms with Gasteiger partial charge in [-0.25, -0.2) is 0 Å². The number of halogens is 1. The smallest absolute Gasteiger partial charge is 0.0360 e. The van der Waals surface area contributed by atoms with Gasteiger partial charge in [-0.05, 0) is 56.0 Å². The van der Waals surface area contributed by atoms with Gasteiger partial charge in [-0.1, -0.05) is 64.8 Å². The van der Waals surface area contributed by atoms with Crippen LogP contribution in [0.15, 0.2) is 40.9 Å². The molecule has 1 unspecified atom stereocenters. The van der Waals surface area contributed by atoms with Gasteiger partial charge >= 0.3 is 0 Å². The maximum Gasteiger partial charge on any atom is 0.0360 e. The summed E-state index contributed by atoms with van der Waals surface area (Å²) in [7, 11) is 0. The molecule has 2 rings (SSSR count). The van der Waals surface area contributed by atoms with Crippen LogP contribution in [0.3, 0.4) is 0 Å². The topological polar surface area (TPSA) is 12.0 Å². The number of hydrogen-bond acceptors (Lipinski definition) is 1. The van der Waals surface area contributed by atoms with Crippen LogP contribution in [-0.4, -0.2) is 6.54 Å². The van der Waals surface area contributed by atoms with Crippen molar-refractivity contribution in [3.8, 4) is 0 Å². The zero-order valence-corrected chi connectivity index (χ0v) is 14.9. The van der Waals surface area contributed by atoms with Crippen molar-refractivity contribution in [1.82, 2.24) is 5.32 Å². The van der Waals surface area contributed by atoms with E-state index in [4.69, 9.17) is 0 Å². The second-order valence-corrected chi connectivity index (χ2v) is 6.56. The van der Waals surface area contributed by atoms with Crippen molar-refractivity contribution in [3.05, 3.63) is 68.7 Å². The van der Waals surface area contributed by atoms with Crippen LogP contribution in [0.2, 0.25) is 0 Å². The SMILES string of the molecule is CCNC(Cc1ccc(C)cc1)c1cc(C)c(Br)c(C)c1. The number of hydrogen-bond donors (Lipinski definition) is 1. The molecule has 0 fully saturated rings. The fourth-order valence-electron chi connectivity index (χ4n) is 2.69. The molecule has 1 N–H and O–H groups in total. The number of rotatable bonds is 5. The molecule has 1 atom stereocenters. The molecule has 0 aromatic heterocycles. The summed E-state index contributed by atoms with van der Waals surface area (Å²) >= 11 is 3.66. The molecule has 0 amide bonds. The third-order valence-corrected chi connectivity index (χ3v) is 5.12. The lowest BCUT2D eigenvalue weighted by molar-refractivity contribution is 0.549. The first kappa shape index (κ1) is 16.3. The zero-order valence-electron chi connectivity index (χ0n) is 13.3. The lowest BCUT2D eigenvalue weighted by Gasteiger charge is -2.20. The van der Waals surface area contributed by atoms with Crippen molar-refractivity contribution in [2.24, 2.45) is 0 Å². The monoisotopic (exact) mass is 345 g/mol. The zero-order chi connectivity index (χ0) is 15.4. The third kappa shape index (κ3) is 4.18. The highest BCUT2D eigenvalue weighted by Gasteiger charge is 2.13. The predicted octanol–water partition coefficient (Wildman–Crippen LogP) is 5.27. The van der Waals surface area contributed by atoms with Crippen LogP contribution in [0.25, 0.3) is 0 Å². The van der Waals surface area contributed by atoms with Crippen LogP contribution in [0.5, 0.6) is 0 Å². The average molecular weight is 346 g/mol. The number of nitrogens with one attached hydrogen (secondary N) is 1. The van der Waals surface area contributed by atoms with E-state index in [1.165, 1.54) is 32.3 Å². The number of likely N-dealkylation sites (N-methyl/N-ethyl adjacent to an activating group) is 1. The van der Waals surface area contributed by atoms with E-state index in [0.717, 1.165) is 13.0 Å². The van der Waals surface area contributed by atoms with Gasteiger partial charge in [0.2, 0.25) is 0 Å². The Morgan fingerprint density at radius 1 is 1.00 bits per heavy atom. The van der Waals surface area contributed by atoms with Gasteiger partial charge in [-0.3, -0.25) is 0 Å². The minimum Gasteiger partial charge on any atom is -0.310 e. The lowest BCUT2D eigenvalue weighted by atomic mass is 9.95. The first-order chi connectivity index (χ1) is 10.0. The highest BCUT2D eigenvalue weighted by atomic mass is 79.9. The molecule has 0 aliphatic rings. The second-order valence-electron chi connectivity index (χ2n) is 5.77. The highest BCUT2D eigenvalue weighted by Crippen LogP contribution is 2.27. The van der Waals surface area contributed by atoms with Gasteiger partial charge in [0.1, 0.15) is 0 Å². The van der Waals surface area contributed by atoms with Crippen LogP contribution in [0, 0.1) is 20.8 Å². The Morgan fingerprint density at radius 2 is 1.57 bits per heavy atom. The molecule has 1 nitrogen and oxygen atoms in total. The Labute approximate surface area is 136 Å². The summed E-state index contributed by atoms with van der Waals surface area (Å²) in [6.07, 6.45) is 1.02. The van der Waals surface area contributed by atoms with E-state index in [0.29, 0.717) is 6.04 Å². The molecule has 0 heterocycles. The molecule has 0 aliphatic heterocycles. The maximum absolute atomic E-state index is 3.66. The molecule has 0 bridgehead atoms. The normalized spacial score (nSPS) is 12.4. The molecule has 2 aromatic carbocycles. The minimum atomic E-state index is 0.364. The summed E-state index contributed by atoms with van der Waals surface area (Å²) in [5.41, 5.74) is 6.67. The van der Waals surface area contributed by atoms with Gasteiger partial charge in [-0.15, -0.1) is 0 Å². The number of benzene rings is 2. The summed E-state index contributed by atoms with van der Waals surface area (Å²) in [6, 6.07) is 13.8. The molecule has 0 aliphatic carbocycles. The summed E-state index contributed by atoms with van der Waals surface area (Å²) in [6.45, 7) is 9.60. The Morgan fingerprint density at radius 3 is 2.10 bits per heavy atom. The van der Waals surface area contributed by atoms with E-state index in [1.54, 1.807) is 0 Å². The van der Waals surface area contributed by atoms with Gasteiger partial charge < -0.3 is 5.32 Å². The second kappa shape index (κ2) is 7.24. The Bertz CT molecular complexity index is 578. The molecule has 0 saturated heterocycles. The summed E-state index contributed by atoms with van der Waals surface area (Å²) in [5.74, 6) is 0. The van der Waals surface area contributed by atoms with Gasteiger partial charge in [0.05, 0.1) is 0 Å². The van der Waals surface area contributed by atoms with Crippen molar-refractivity contribution in [3.63, 3.8) is 0 Å². The van der Waals surface area contributed by atoms with E-state index in [-0.39, 0.29) is 0 Å². The minimum absolute atomic E-state index is 0.364. The van der Waals surface area contributed by atoms with E-state index in [2.05, 4.69) is 85.3 Å². The van der Waals surface area contributed by atoms with Crippen LogP contribution in [0.1, 0.15) is 40.8 Å². The Hall–Kier alpha value is -1.12. The highest BCUT2D eigenvalue weighted by molar-refractivity contribution is 9.10. The first-order valence-corrected chi connectivity index (χ1v) is 8.36. The van der Waals surface area contributed by atoms with Crippen molar-refractivity contribution < 1.29 is 0 Å². The molecular weight excluding hydrogens is 322 g/mol. The standard InChI is InChI=1S/C19H24BrN/c1-5-21-18(12-16-8-6-13(2)7-9-16)17-10-14(3)19(20)15(4)11-17/h6-11,18,21H,5,12H2,1-4H3. The quantitative estimate of drug-likeness (QED) is 0.778. The molecule has 2 heteroatoms. The van der Waals surface area contributed by atoms with E-state index in [1.807, 2.05) is 0 Å². The number of aryl methyl sites for hydroxylation is 3. The van der Waals surface area contributed by atoms with Crippen LogP contribution >= 0.6 is 15.9 Å². The molecule has 21 heavy (non-hydrogen) atoms. The largest absolute Gasteiger partial charge is 0.310 e. The van der Waals surface area contributed by atoms with Crippen LogP contribution < -0.4 is 5.32 Å². The molecule has 0 spiro atoms. The first-order valence-electron chi connectivity index (χ1n) is 7.56. The van der Waals surface area contributed by atoms with Crippen LogP contribution in [-0.2, 0) is 6.42 Å². The molecule has 112 valence electrons.